The fourth-order valence-electron chi connectivity index (χ4n) is 3.76. The van der Waals surface area contributed by atoms with Gasteiger partial charge in [-0.05, 0) is 39.9 Å². The number of carbonyl (C=O) groups is 3. The van der Waals surface area contributed by atoms with Crippen LogP contribution in [0.25, 0.3) is 21.5 Å². The third kappa shape index (κ3) is 6.74. The maximum atomic E-state index is 11.9. The number of hydrogen-bond donors (Lipinski definition) is 2. The highest BCUT2D eigenvalue weighted by atomic mass is 16.4. The van der Waals surface area contributed by atoms with E-state index < -0.39 is 11.9 Å². The molecule has 5 heteroatoms. The molecule has 0 atom stereocenters. The molecule has 0 aromatic heterocycles. The third-order valence-corrected chi connectivity index (χ3v) is 5.37. The third-order valence-electron chi connectivity index (χ3n) is 5.37. The van der Waals surface area contributed by atoms with Gasteiger partial charge in [-0.25, -0.2) is 0 Å². The summed E-state index contributed by atoms with van der Waals surface area (Å²) in [5.74, 6) is -1.79. The zero-order valence-electron chi connectivity index (χ0n) is 18.2. The van der Waals surface area contributed by atoms with Gasteiger partial charge < -0.3 is 10.2 Å². The van der Waals surface area contributed by atoms with Crippen LogP contribution in [0.15, 0.2) is 84.9 Å². The summed E-state index contributed by atoms with van der Waals surface area (Å²) in [6, 6.07) is 27.5. The Morgan fingerprint density at radius 3 is 1.79 bits per heavy atom. The van der Waals surface area contributed by atoms with E-state index in [1.165, 1.54) is 16.3 Å². The summed E-state index contributed by atoms with van der Waals surface area (Å²) < 4.78 is 0. The van der Waals surface area contributed by atoms with Gasteiger partial charge in [0.1, 0.15) is 0 Å². The summed E-state index contributed by atoms with van der Waals surface area (Å²) in [6.07, 6.45) is 1.69. The van der Waals surface area contributed by atoms with Crippen molar-refractivity contribution in [3.63, 3.8) is 0 Å². The SMILES string of the molecule is O=C(O)CCC(=O)c1cccc2ccccc12.O=C(O)CCCc1cccc2ccccc12. The Balaban J connectivity index is 0.000000186. The summed E-state index contributed by atoms with van der Waals surface area (Å²) in [5, 5.41) is 21.5. The van der Waals surface area contributed by atoms with Gasteiger partial charge in [0.15, 0.2) is 5.78 Å². The predicted octanol–water partition coefficient (Wildman–Crippen LogP) is 6.13. The number of aliphatic carboxylic acids is 2. The lowest BCUT2D eigenvalue weighted by atomic mass is 9.99. The molecule has 33 heavy (non-hydrogen) atoms. The molecule has 2 N–H and O–H groups in total. The molecule has 0 unspecified atom stereocenters. The highest BCUT2D eigenvalue weighted by Crippen LogP contribution is 2.21. The topological polar surface area (TPSA) is 91.7 Å². The number of benzene rings is 4. The molecular formula is C28H26O5. The van der Waals surface area contributed by atoms with Crippen LogP contribution in [0.5, 0.6) is 0 Å². The van der Waals surface area contributed by atoms with Crippen LogP contribution in [0.1, 0.15) is 41.6 Å². The van der Waals surface area contributed by atoms with Crippen LogP contribution in [0.2, 0.25) is 0 Å². The largest absolute Gasteiger partial charge is 0.481 e. The van der Waals surface area contributed by atoms with Crippen molar-refractivity contribution in [3.8, 4) is 0 Å². The molecule has 168 valence electrons. The van der Waals surface area contributed by atoms with E-state index in [0.717, 1.165) is 17.2 Å². The van der Waals surface area contributed by atoms with E-state index in [0.29, 0.717) is 12.0 Å². The van der Waals surface area contributed by atoms with E-state index in [1.807, 2.05) is 54.6 Å². The van der Waals surface area contributed by atoms with Gasteiger partial charge in [0.05, 0.1) is 6.42 Å². The first kappa shape index (κ1) is 23.7. The van der Waals surface area contributed by atoms with Gasteiger partial charge in [0, 0.05) is 18.4 Å². The summed E-state index contributed by atoms with van der Waals surface area (Å²) in [7, 11) is 0. The van der Waals surface area contributed by atoms with Crippen LogP contribution in [0, 0.1) is 0 Å². The highest BCUT2D eigenvalue weighted by Gasteiger charge is 2.11. The predicted molar refractivity (Wildman–Crippen MR) is 130 cm³/mol. The molecule has 0 spiro atoms. The normalized spacial score (nSPS) is 10.4. The Morgan fingerprint density at radius 1 is 0.576 bits per heavy atom. The number of rotatable bonds is 8. The van der Waals surface area contributed by atoms with Crippen molar-refractivity contribution in [2.45, 2.75) is 32.1 Å². The summed E-state index contributed by atoms with van der Waals surface area (Å²) >= 11 is 0. The highest BCUT2D eigenvalue weighted by molar-refractivity contribution is 6.08. The number of hydrogen-bond acceptors (Lipinski definition) is 3. The summed E-state index contributed by atoms with van der Waals surface area (Å²) in [5.41, 5.74) is 1.84. The lowest BCUT2D eigenvalue weighted by Gasteiger charge is -2.05. The van der Waals surface area contributed by atoms with Crippen molar-refractivity contribution < 1.29 is 24.6 Å². The number of Topliss-reactive ketones (excluding diaryl/α,β-unsaturated/α-hetero) is 1. The van der Waals surface area contributed by atoms with E-state index in [2.05, 4.69) is 24.3 Å². The molecule has 0 aliphatic heterocycles. The van der Waals surface area contributed by atoms with Crippen molar-refractivity contribution in [3.05, 3.63) is 96.1 Å². The van der Waals surface area contributed by atoms with Crippen LogP contribution in [0.3, 0.4) is 0 Å². The fourth-order valence-corrected chi connectivity index (χ4v) is 3.76. The van der Waals surface area contributed by atoms with Crippen LogP contribution < -0.4 is 0 Å². The maximum Gasteiger partial charge on any atom is 0.303 e. The number of fused-ring (bicyclic) bond motifs is 2. The fraction of sp³-hybridized carbons (Fsp3) is 0.179. The van der Waals surface area contributed by atoms with E-state index in [1.54, 1.807) is 6.07 Å². The molecular weight excluding hydrogens is 416 g/mol. The lowest BCUT2D eigenvalue weighted by Crippen LogP contribution is -2.04. The molecule has 0 fully saturated rings. The van der Waals surface area contributed by atoms with Crippen molar-refractivity contribution in [2.24, 2.45) is 0 Å². The van der Waals surface area contributed by atoms with Crippen LogP contribution >= 0.6 is 0 Å². The quantitative estimate of drug-likeness (QED) is 0.320. The number of carbonyl (C=O) groups excluding carboxylic acids is 1. The first-order chi connectivity index (χ1) is 16.0. The molecule has 0 aliphatic carbocycles. The van der Waals surface area contributed by atoms with Crippen LogP contribution in [-0.4, -0.2) is 27.9 Å². The molecule has 4 aromatic rings. The zero-order chi connectivity index (χ0) is 23.6. The Kier molecular flexibility index (Phi) is 8.30. The smallest absolute Gasteiger partial charge is 0.303 e. The Hall–Kier alpha value is -3.99. The number of aryl methyl sites for hydroxylation is 1. The molecule has 0 radical (unpaired) electrons. The van der Waals surface area contributed by atoms with Gasteiger partial charge in [-0.3, -0.25) is 14.4 Å². The van der Waals surface area contributed by atoms with Gasteiger partial charge >= 0.3 is 11.9 Å². The Bertz CT molecular complexity index is 1270. The number of carboxylic acid groups (broad SMARTS) is 2. The van der Waals surface area contributed by atoms with E-state index in [9.17, 15) is 14.4 Å². The van der Waals surface area contributed by atoms with E-state index in [-0.39, 0.29) is 25.0 Å². The number of ketones is 1. The van der Waals surface area contributed by atoms with E-state index >= 15 is 0 Å². The van der Waals surface area contributed by atoms with Gasteiger partial charge in [0.2, 0.25) is 0 Å². The second-order valence-corrected chi connectivity index (χ2v) is 7.73. The maximum absolute atomic E-state index is 11.9. The molecule has 0 heterocycles. The monoisotopic (exact) mass is 442 g/mol. The average Bonchev–Trinajstić information content (AvgIpc) is 2.82. The molecule has 0 amide bonds. The molecule has 0 aliphatic rings. The van der Waals surface area contributed by atoms with Gasteiger partial charge in [-0.15, -0.1) is 0 Å². The second-order valence-electron chi connectivity index (χ2n) is 7.73. The van der Waals surface area contributed by atoms with Gasteiger partial charge in [0.25, 0.3) is 0 Å². The minimum atomic E-state index is -0.946. The van der Waals surface area contributed by atoms with Gasteiger partial charge in [-0.1, -0.05) is 84.9 Å². The molecule has 5 nitrogen and oxygen atoms in total. The van der Waals surface area contributed by atoms with Crippen molar-refractivity contribution in [1.29, 1.82) is 0 Å². The molecule has 4 rings (SSSR count). The number of carboxylic acids is 2. The van der Waals surface area contributed by atoms with Gasteiger partial charge in [-0.2, -0.15) is 0 Å². The van der Waals surface area contributed by atoms with Crippen molar-refractivity contribution in [1.82, 2.24) is 0 Å². The first-order valence-electron chi connectivity index (χ1n) is 10.9. The van der Waals surface area contributed by atoms with Crippen LogP contribution in [-0.2, 0) is 16.0 Å². The second kappa shape index (κ2) is 11.6. The molecule has 0 saturated heterocycles. The minimum absolute atomic E-state index is 0.0450. The Labute approximate surface area is 192 Å². The average molecular weight is 443 g/mol. The minimum Gasteiger partial charge on any atom is -0.481 e. The molecule has 4 aromatic carbocycles. The Morgan fingerprint density at radius 2 is 1.12 bits per heavy atom. The molecule has 0 saturated carbocycles. The lowest BCUT2D eigenvalue weighted by molar-refractivity contribution is -0.138. The van der Waals surface area contributed by atoms with Crippen LogP contribution in [0.4, 0.5) is 0 Å². The van der Waals surface area contributed by atoms with Crippen molar-refractivity contribution in [2.75, 3.05) is 0 Å². The van der Waals surface area contributed by atoms with E-state index in [4.69, 9.17) is 10.2 Å². The standard InChI is InChI=1S/C14H12O3.C14H14O2/c15-13(8-9-14(16)17)12-7-3-5-10-4-1-2-6-11(10)12;15-14(16)10-4-8-12-7-3-6-11-5-1-2-9-13(11)12/h1-7H,8-9H2,(H,16,17);1-3,5-7,9H,4,8,10H2,(H,15,16). The summed E-state index contributed by atoms with van der Waals surface area (Å²) in [4.78, 5) is 32.8. The summed E-state index contributed by atoms with van der Waals surface area (Å²) in [6.45, 7) is 0. The first-order valence-corrected chi connectivity index (χ1v) is 10.9. The zero-order valence-corrected chi connectivity index (χ0v) is 18.2. The molecule has 0 bridgehead atoms. The van der Waals surface area contributed by atoms with Crippen molar-refractivity contribution >= 4 is 39.3 Å².